The molecule has 4 aromatic rings. The van der Waals surface area contributed by atoms with Crippen LogP contribution >= 0.6 is 0 Å². The minimum absolute atomic E-state index is 0.256. The number of carbonyl (C=O) groups excluding carboxylic acids is 1. The Morgan fingerprint density at radius 2 is 1.82 bits per heavy atom. The van der Waals surface area contributed by atoms with Gasteiger partial charge < -0.3 is 4.90 Å². The first-order valence-corrected chi connectivity index (χ1v) is 8.61. The summed E-state index contributed by atoms with van der Waals surface area (Å²) in [5.41, 5.74) is 4.83. The second kappa shape index (κ2) is 6.93. The van der Waals surface area contributed by atoms with Crippen LogP contribution in [0.15, 0.2) is 61.2 Å². The third-order valence-corrected chi connectivity index (χ3v) is 4.51. The molecular weight excluding hydrogens is 352 g/mol. The van der Waals surface area contributed by atoms with Crippen molar-refractivity contribution < 1.29 is 4.79 Å². The van der Waals surface area contributed by atoms with Crippen LogP contribution in [0.1, 0.15) is 21.7 Å². The number of fused-ring (bicyclic) bond motifs is 1. The van der Waals surface area contributed by atoms with Gasteiger partial charge in [-0.15, -0.1) is 0 Å². The Morgan fingerprint density at radius 1 is 1.04 bits per heavy atom. The van der Waals surface area contributed by atoms with Gasteiger partial charge in [0.2, 0.25) is 0 Å². The number of carbonyl (C=O) groups is 1. The molecule has 0 aliphatic rings. The zero-order valence-corrected chi connectivity index (χ0v) is 15.4. The Morgan fingerprint density at radius 3 is 2.50 bits per heavy atom. The first kappa shape index (κ1) is 17.4. The van der Waals surface area contributed by atoms with Crippen LogP contribution in [0, 0.1) is 18.3 Å². The van der Waals surface area contributed by atoms with E-state index in [2.05, 4.69) is 21.0 Å². The van der Waals surface area contributed by atoms with Crippen LogP contribution in [-0.4, -0.2) is 32.3 Å². The minimum atomic E-state index is -0.256. The van der Waals surface area contributed by atoms with Gasteiger partial charge in [0.05, 0.1) is 29.7 Å². The molecule has 4 rings (SSSR count). The molecule has 1 amide bonds. The maximum atomic E-state index is 12.9. The average molecular weight is 368 g/mol. The number of amides is 1. The van der Waals surface area contributed by atoms with Gasteiger partial charge in [-0.05, 0) is 43.3 Å². The number of aryl methyl sites for hydroxylation is 1. The second-order valence-electron chi connectivity index (χ2n) is 6.36. The maximum Gasteiger partial charge on any atom is 0.278 e. The summed E-state index contributed by atoms with van der Waals surface area (Å²) in [6, 6.07) is 12.8. The first-order chi connectivity index (χ1) is 13.6. The molecule has 7 heteroatoms. The predicted octanol–water partition coefficient (Wildman–Crippen LogP) is 3.25. The average Bonchev–Trinajstić information content (AvgIpc) is 3.16. The van der Waals surface area contributed by atoms with Gasteiger partial charge in [-0.25, -0.2) is 9.97 Å². The molecule has 28 heavy (non-hydrogen) atoms. The molecule has 0 radical (unpaired) electrons. The van der Waals surface area contributed by atoms with Crippen molar-refractivity contribution in [3.8, 4) is 17.3 Å². The summed E-state index contributed by atoms with van der Waals surface area (Å²) < 4.78 is 1.83. The van der Waals surface area contributed by atoms with Crippen LogP contribution in [-0.2, 0) is 0 Å². The van der Waals surface area contributed by atoms with E-state index in [1.807, 2.05) is 23.5 Å². The van der Waals surface area contributed by atoms with E-state index in [0.29, 0.717) is 22.6 Å². The second-order valence-corrected chi connectivity index (χ2v) is 6.36. The fourth-order valence-corrected chi connectivity index (χ4v) is 2.88. The van der Waals surface area contributed by atoms with Crippen molar-refractivity contribution in [3.63, 3.8) is 0 Å². The lowest BCUT2D eigenvalue weighted by Gasteiger charge is -2.17. The molecule has 7 nitrogen and oxygen atoms in total. The molecule has 0 N–H and O–H groups in total. The van der Waals surface area contributed by atoms with E-state index in [9.17, 15) is 4.79 Å². The summed E-state index contributed by atoms with van der Waals surface area (Å²) in [5, 5.41) is 8.92. The zero-order valence-electron chi connectivity index (χ0n) is 15.4. The molecule has 0 bridgehead atoms. The molecule has 0 saturated heterocycles. The first-order valence-electron chi connectivity index (χ1n) is 8.61. The largest absolute Gasteiger partial charge is 0.310 e. The molecule has 3 aromatic heterocycles. The van der Waals surface area contributed by atoms with E-state index in [1.54, 1.807) is 56.1 Å². The summed E-state index contributed by atoms with van der Waals surface area (Å²) in [7, 11) is 1.67. The molecular formula is C21H16N6O. The maximum absolute atomic E-state index is 12.9. The van der Waals surface area contributed by atoms with Crippen molar-refractivity contribution in [2.45, 2.75) is 6.92 Å². The highest BCUT2D eigenvalue weighted by molar-refractivity contribution is 6.04. The Balaban J connectivity index is 1.70. The van der Waals surface area contributed by atoms with Crippen LogP contribution in [0.3, 0.4) is 0 Å². The van der Waals surface area contributed by atoms with Gasteiger partial charge in [-0.2, -0.15) is 5.26 Å². The number of imidazole rings is 1. The van der Waals surface area contributed by atoms with Crippen molar-refractivity contribution in [2.75, 3.05) is 11.9 Å². The van der Waals surface area contributed by atoms with E-state index in [4.69, 9.17) is 5.26 Å². The number of benzene rings is 1. The molecule has 0 spiro atoms. The lowest BCUT2D eigenvalue weighted by molar-refractivity contribution is 0.0988. The van der Waals surface area contributed by atoms with Gasteiger partial charge >= 0.3 is 0 Å². The van der Waals surface area contributed by atoms with Gasteiger partial charge in [0.15, 0.2) is 5.65 Å². The van der Waals surface area contributed by atoms with Crippen LogP contribution in [0.25, 0.3) is 16.9 Å². The number of hydrogen-bond acceptors (Lipinski definition) is 5. The third-order valence-electron chi connectivity index (χ3n) is 4.51. The highest BCUT2D eigenvalue weighted by Gasteiger charge is 2.17. The van der Waals surface area contributed by atoms with Crippen molar-refractivity contribution >= 4 is 17.2 Å². The molecule has 3 heterocycles. The normalized spacial score (nSPS) is 10.6. The number of aromatic nitrogens is 4. The molecule has 0 saturated carbocycles. The van der Waals surface area contributed by atoms with E-state index in [1.165, 1.54) is 4.90 Å². The molecule has 136 valence electrons. The zero-order chi connectivity index (χ0) is 19.7. The topological polar surface area (TPSA) is 87.2 Å². The highest BCUT2D eigenvalue weighted by Crippen LogP contribution is 2.21. The van der Waals surface area contributed by atoms with Crippen molar-refractivity contribution in [1.82, 2.24) is 19.4 Å². The Labute approximate surface area is 161 Å². The lowest BCUT2D eigenvalue weighted by Crippen LogP contribution is -2.27. The predicted molar refractivity (Wildman–Crippen MR) is 105 cm³/mol. The van der Waals surface area contributed by atoms with Crippen molar-refractivity contribution in [2.24, 2.45) is 0 Å². The van der Waals surface area contributed by atoms with E-state index in [0.717, 1.165) is 17.0 Å². The van der Waals surface area contributed by atoms with Gasteiger partial charge in [0, 0.05) is 36.4 Å². The fraction of sp³-hybridized carbons (Fsp3) is 0.0952. The SMILES string of the molecule is Cc1ccc(-c2cnc3cnc(C(=O)N(C)c4ccc(C#N)cc4)cn23)cn1. The van der Waals surface area contributed by atoms with Gasteiger partial charge in [0.1, 0.15) is 5.69 Å². The van der Waals surface area contributed by atoms with Gasteiger partial charge in [0.25, 0.3) is 5.91 Å². The summed E-state index contributed by atoms with van der Waals surface area (Å²) in [6.07, 6.45) is 6.77. The Bertz CT molecular complexity index is 1200. The Hall–Kier alpha value is -4.05. The standard InChI is InChI=1S/C21H16N6O/c1-14-3-6-16(10-23-14)19-11-25-20-12-24-18(13-27(19)20)21(28)26(2)17-7-4-15(9-22)5-8-17/h3-8,10-13H,1-2H3. The molecule has 1 aromatic carbocycles. The van der Waals surface area contributed by atoms with Crippen LogP contribution < -0.4 is 4.90 Å². The molecule has 0 atom stereocenters. The van der Waals surface area contributed by atoms with Crippen LogP contribution in [0.2, 0.25) is 0 Å². The molecule has 0 aliphatic carbocycles. The van der Waals surface area contributed by atoms with E-state index < -0.39 is 0 Å². The Kier molecular flexibility index (Phi) is 4.30. The number of nitrogens with zero attached hydrogens (tertiary/aromatic N) is 6. The molecule has 0 unspecified atom stereocenters. The number of hydrogen-bond donors (Lipinski definition) is 0. The molecule has 0 aliphatic heterocycles. The summed E-state index contributed by atoms with van der Waals surface area (Å²) >= 11 is 0. The number of pyridine rings is 1. The van der Waals surface area contributed by atoms with Crippen LogP contribution in [0.5, 0.6) is 0 Å². The minimum Gasteiger partial charge on any atom is -0.310 e. The number of nitriles is 1. The van der Waals surface area contributed by atoms with Crippen molar-refractivity contribution in [3.05, 3.63) is 78.1 Å². The quantitative estimate of drug-likeness (QED) is 0.554. The van der Waals surface area contributed by atoms with Crippen LogP contribution in [0.4, 0.5) is 5.69 Å². The van der Waals surface area contributed by atoms with Crippen molar-refractivity contribution in [1.29, 1.82) is 5.26 Å². The monoisotopic (exact) mass is 368 g/mol. The summed E-state index contributed by atoms with van der Waals surface area (Å²) in [5.74, 6) is -0.256. The summed E-state index contributed by atoms with van der Waals surface area (Å²) in [4.78, 5) is 27.4. The number of anilines is 1. The van der Waals surface area contributed by atoms with E-state index >= 15 is 0 Å². The fourth-order valence-electron chi connectivity index (χ4n) is 2.88. The smallest absolute Gasteiger partial charge is 0.278 e. The highest BCUT2D eigenvalue weighted by atomic mass is 16.2. The van der Waals surface area contributed by atoms with Gasteiger partial charge in [-0.3, -0.25) is 14.2 Å². The van der Waals surface area contributed by atoms with E-state index in [-0.39, 0.29) is 5.91 Å². The third kappa shape index (κ3) is 3.08. The molecule has 0 fully saturated rings. The van der Waals surface area contributed by atoms with Gasteiger partial charge in [-0.1, -0.05) is 0 Å². The lowest BCUT2D eigenvalue weighted by atomic mass is 10.2. The summed E-state index contributed by atoms with van der Waals surface area (Å²) in [6.45, 7) is 1.93. The number of rotatable bonds is 3.